The van der Waals surface area contributed by atoms with E-state index < -0.39 is 5.97 Å². The molecule has 0 aromatic heterocycles. The number of hydrogen-bond donors (Lipinski definition) is 1. The fourth-order valence-electron chi connectivity index (χ4n) is 2.05. The van der Waals surface area contributed by atoms with Gasteiger partial charge in [-0.1, -0.05) is 0 Å². The Bertz CT molecular complexity index is 653. The van der Waals surface area contributed by atoms with Gasteiger partial charge < -0.3 is 14.7 Å². The number of ether oxygens (including phenoxy) is 1. The number of nitrogens with zero attached hydrogens (tertiary/aromatic N) is 1. The maximum absolute atomic E-state index is 11.1. The molecule has 0 aliphatic heterocycles. The molecule has 0 bridgehead atoms. The SMILES string of the molecule is CSc1ccc(Oc2ccc(C(=O)O)cc2CN(C)C)cc1. The van der Waals surface area contributed by atoms with Crippen LogP contribution < -0.4 is 4.74 Å². The number of rotatable bonds is 6. The molecular weight excluding hydrogens is 298 g/mol. The molecule has 0 amide bonds. The summed E-state index contributed by atoms with van der Waals surface area (Å²) in [4.78, 5) is 14.3. The Morgan fingerprint density at radius 3 is 2.41 bits per heavy atom. The van der Waals surface area contributed by atoms with Crippen molar-refractivity contribution < 1.29 is 14.6 Å². The van der Waals surface area contributed by atoms with E-state index in [1.165, 1.54) is 4.90 Å². The standard InChI is InChI=1S/C17H19NO3S/c1-18(2)11-13-10-12(17(19)20)4-9-16(13)21-14-5-7-15(22-3)8-6-14/h4-10H,11H2,1-3H3,(H,19,20). The van der Waals surface area contributed by atoms with Crippen molar-refractivity contribution in [2.75, 3.05) is 20.4 Å². The molecule has 2 rings (SSSR count). The van der Waals surface area contributed by atoms with Crippen molar-refractivity contribution in [3.63, 3.8) is 0 Å². The van der Waals surface area contributed by atoms with Crippen LogP contribution in [0, 0.1) is 0 Å². The van der Waals surface area contributed by atoms with Crippen molar-refractivity contribution in [3.8, 4) is 11.5 Å². The zero-order chi connectivity index (χ0) is 16.1. The van der Waals surface area contributed by atoms with E-state index in [1.54, 1.807) is 30.0 Å². The van der Waals surface area contributed by atoms with Gasteiger partial charge in [0, 0.05) is 17.0 Å². The van der Waals surface area contributed by atoms with E-state index >= 15 is 0 Å². The first kappa shape index (κ1) is 16.4. The van der Waals surface area contributed by atoms with Crippen LogP contribution in [0.5, 0.6) is 11.5 Å². The molecule has 0 radical (unpaired) electrons. The Labute approximate surface area is 134 Å². The van der Waals surface area contributed by atoms with E-state index in [0.717, 1.165) is 11.3 Å². The third-order valence-corrected chi connectivity index (χ3v) is 3.82. The molecule has 22 heavy (non-hydrogen) atoms. The molecule has 0 unspecified atom stereocenters. The van der Waals surface area contributed by atoms with Gasteiger partial charge in [0.15, 0.2) is 0 Å². The molecule has 0 aliphatic rings. The highest BCUT2D eigenvalue weighted by Crippen LogP contribution is 2.28. The number of hydrogen-bond acceptors (Lipinski definition) is 4. The van der Waals surface area contributed by atoms with Gasteiger partial charge in [-0.25, -0.2) is 4.79 Å². The lowest BCUT2D eigenvalue weighted by Gasteiger charge is -2.15. The van der Waals surface area contributed by atoms with Gasteiger partial charge in [-0.15, -0.1) is 11.8 Å². The summed E-state index contributed by atoms with van der Waals surface area (Å²) in [6.45, 7) is 0.610. The zero-order valence-corrected chi connectivity index (χ0v) is 13.7. The molecule has 5 heteroatoms. The van der Waals surface area contributed by atoms with Crippen LogP contribution >= 0.6 is 11.8 Å². The molecule has 2 aromatic carbocycles. The topological polar surface area (TPSA) is 49.8 Å². The van der Waals surface area contributed by atoms with Gasteiger partial charge >= 0.3 is 5.97 Å². The lowest BCUT2D eigenvalue weighted by atomic mass is 10.1. The molecule has 4 nitrogen and oxygen atoms in total. The summed E-state index contributed by atoms with van der Waals surface area (Å²) in [5.74, 6) is 0.479. The van der Waals surface area contributed by atoms with Crippen LogP contribution in [0.3, 0.4) is 0 Å². The second-order valence-electron chi connectivity index (χ2n) is 5.14. The lowest BCUT2D eigenvalue weighted by molar-refractivity contribution is 0.0696. The van der Waals surface area contributed by atoms with E-state index in [2.05, 4.69) is 0 Å². The summed E-state index contributed by atoms with van der Waals surface area (Å²) in [6, 6.07) is 12.8. The normalized spacial score (nSPS) is 10.7. The van der Waals surface area contributed by atoms with E-state index in [1.807, 2.05) is 49.5 Å². The fraction of sp³-hybridized carbons (Fsp3) is 0.235. The Kier molecular flexibility index (Phi) is 5.46. The molecule has 1 N–H and O–H groups in total. The van der Waals surface area contributed by atoms with Crippen LogP contribution in [0.1, 0.15) is 15.9 Å². The minimum absolute atomic E-state index is 0.266. The number of benzene rings is 2. The molecule has 2 aromatic rings. The van der Waals surface area contributed by atoms with Gasteiger partial charge in [-0.3, -0.25) is 0 Å². The predicted molar refractivity (Wildman–Crippen MR) is 89.1 cm³/mol. The summed E-state index contributed by atoms with van der Waals surface area (Å²) in [5, 5.41) is 9.12. The number of aromatic carboxylic acids is 1. The van der Waals surface area contributed by atoms with Gasteiger partial charge in [-0.05, 0) is 62.8 Å². The fourth-order valence-corrected chi connectivity index (χ4v) is 2.46. The van der Waals surface area contributed by atoms with Crippen molar-refractivity contribution >= 4 is 17.7 Å². The summed E-state index contributed by atoms with van der Waals surface area (Å²) >= 11 is 1.67. The number of carbonyl (C=O) groups is 1. The van der Waals surface area contributed by atoms with Crippen LogP contribution in [0.15, 0.2) is 47.4 Å². The Hall–Kier alpha value is -1.98. The van der Waals surface area contributed by atoms with E-state index in [0.29, 0.717) is 12.3 Å². The second kappa shape index (κ2) is 7.33. The second-order valence-corrected chi connectivity index (χ2v) is 6.02. The lowest BCUT2D eigenvalue weighted by Crippen LogP contribution is -2.12. The summed E-state index contributed by atoms with van der Waals surface area (Å²) < 4.78 is 5.92. The Morgan fingerprint density at radius 1 is 1.18 bits per heavy atom. The maximum atomic E-state index is 11.1. The van der Waals surface area contributed by atoms with Crippen LogP contribution in [-0.2, 0) is 6.54 Å². The van der Waals surface area contributed by atoms with Crippen LogP contribution in [0.25, 0.3) is 0 Å². The largest absolute Gasteiger partial charge is 0.478 e. The smallest absolute Gasteiger partial charge is 0.335 e. The van der Waals surface area contributed by atoms with Crippen LogP contribution in [0.2, 0.25) is 0 Å². The quantitative estimate of drug-likeness (QED) is 0.817. The molecule has 0 atom stereocenters. The summed E-state index contributed by atoms with van der Waals surface area (Å²) in [7, 11) is 3.87. The molecule has 0 spiro atoms. The Balaban J connectivity index is 2.29. The first-order chi connectivity index (χ1) is 10.5. The van der Waals surface area contributed by atoms with Crippen LogP contribution in [-0.4, -0.2) is 36.3 Å². The third kappa shape index (κ3) is 4.26. The van der Waals surface area contributed by atoms with Crippen molar-refractivity contribution in [2.45, 2.75) is 11.4 Å². The molecule has 0 aliphatic carbocycles. The first-order valence-electron chi connectivity index (χ1n) is 6.82. The maximum Gasteiger partial charge on any atom is 0.335 e. The van der Waals surface area contributed by atoms with Crippen LogP contribution in [0.4, 0.5) is 0 Å². The highest BCUT2D eigenvalue weighted by molar-refractivity contribution is 7.98. The average Bonchev–Trinajstić information content (AvgIpc) is 2.49. The molecular formula is C17H19NO3S. The van der Waals surface area contributed by atoms with Crippen molar-refractivity contribution in [1.82, 2.24) is 4.90 Å². The van der Waals surface area contributed by atoms with Gasteiger partial charge in [0.2, 0.25) is 0 Å². The van der Waals surface area contributed by atoms with E-state index in [9.17, 15) is 4.79 Å². The highest BCUT2D eigenvalue weighted by Gasteiger charge is 2.11. The zero-order valence-electron chi connectivity index (χ0n) is 12.9. The van der Waals surface area contributed by atoms with Gasteiger partial charge in [0.05, 0.1) is 5.56 Å². The minimum atomic E-state index is -0.934. The number of carboxylic acids is 1. The van der Waals surface area contributed by atoms with Crippen molar-refractivity contribution in [2.24, 2.45) is 0 Å². The Morgan fingerprint density at radius 2 is 1.86 bits per heavy atom. The summed E-state index contributed by atoms with van der Waals surface area (Å²) in [5.41, 5.74) is 1.11. The third-order valence-electron chi connectivity index (χ3n) is 3.08. The molecule has 0 heterocycles. The van der Waals surface area contributed by atoms with Crippen molar-refractivity contribution in [3.05, 3.63) is 53.6 Å². The molecule has 116 valence electrons. The first-order valence-corrected chi connectivity index (χ1v) is 8.05. The molecule has 0 saturated carbocycles. The monoisotopic (exact) mass is 317 g/mol. The molecule has 0 fully saturated rings. The van der Waals surface area contributed by atoms with Crippen molar-refractivity contribution in [1.29, 1.82) is 0 Å². The molecule has 0 saturated heterocycles. The minimum Gasteiger partial charge on any atom is -0.478 e. The average molecular weight is 317 g/mol. The number of thioether (sulfide) groups is 1. The van der Waals surface area contributed by atoms with Gasteiger partial charge in [-0.2, -0.15) is 0 Å². The summed E-state index contributed by atoms with van der Waals surface area (Å²) in [6.07, 6.45) is 2.02. The number of carboxylic acid groups (broad SMARTS) is 1. The van der Waals surface area contributed by atoms with E-state index in [4.69, 9.17) is 9.84 Å². The van der Waals surface area contributed by atoms with Gasteiger partial charge in [0.25, 0.3) is 0 Å². The predicted octanol–water partition coefficient (Wildman–Crippen LogP) is 3.96. The highest BCUT2D eigenvalue weighted by atomic mass is 32.2. The van der Waals surface area contributed by atoms with Gasteiger partial charge in [0.1, 0.15) is 11.5 Å². The van der Waals surface area contributed by atoms with E-state index in [-0.39, 0.29) is 5.56 Å².